The molecular formula is C22H16ClN3O2. The van der Waals surface area contributed by atoms with Gasteiger partial charge in [0.1, 0.15) is 11.4 Å². The number of benzene rings is 3. The van der Waals surface area contributed by atoms with Crippen molar-refractivity contribution < 1.29 is 9.90 Å². The highest BCUT2D eigenvalue weighted by atomic mass is 35.5. The summed E-state index contributed by atoms with van der Waals surface area (Å²) in [7, 11) is 0. The molecule has 1 heterocycles. The fourth-order valence-electron chi connectivity index (χ4n) is 3.02. The molecule has 0 spiro atoms. The van der Waals surface area contributed by atoms with Crippen LogP contribution in [-0.4, -0.2) is 22.2 Å². The number of aromatic hydroxyl groups is 1. The quantitative estimate of drug-likeness (QED) is 0.341. The number of rotatable bonds is 4. The summed E-state index contributed by atoms with van der Waals surface area (Å²) in [6.07, 6.45) is 1.51. The van der Waals surface area contributed by atoms with Gasteiger partial charge in [0.2, 0.25) is 0 Å². The van der Waals surface area contributed by atoms with Crippen LogP contribution in [0.2, 0.25) is 5.02 Å². The summed E-state index contributed by atoms with van der Waals surface area (Å²) >= 11 is 6.17. The highest BCUT2D eigenvalue weighted by Gasteiger charge is 2.19. The average Bonchev–Trinajstić information content (AvgIpc) is 3.09. The van der Waals surface area contributed by atoms with E-state index in [1.54, 1.807) is 30.3 Å². The fourth-order valence-corrected chi connectivity index (χ4v) is 3.19. The zero-order chi connectivity index (χ0) is 19.5. The molecule has 0 radical (unpaired) electrons. The smallest absolute Gasteiger partial charge is 0.288 e. The molecule has 0 unspecified atom stereocenters. The Morgan fingerprint density at radius 1 is 1.04 bits per heavy atom. The van der Waals surface area contributed by atoms with E-state index in [1.165, 1.54) is 6.21 Å². The van der Waals surface area contributed by atoms with E-state index in [2.05, 4.69) is 15.5 Å². The Labute approximate surface area is 166 Å². The molecule has 4 aromatic rings. The molecule has 28 heavy (non-hydrogen) atoms. The van der Waals surface area contributed by atoms with Crippen molar-refractivity contribution >= 4 is 34.6 Å². The largest absolute Gasteiger partial charge is 0.508 e. The first kappa shape index (κ1) is 17.8. The molecule has 0 atom stereocenters. The molecule has 0 saturated heterocycles. The van der Waals surface area contributed by atoms with Crippen LogP contribution in [0.5, 0.6) is 5.75 Å². The van der Waals surface area contributed by atoms with Gasteiger partial charge in [-0.1, -0.05) is 41.9 Å². The zero-order valence-electron chi connectivity index (χ0n) is 14.7. The van der Waals surface area contributed by atoms with Gasteiger partial charge in [0, 0.05) is 21.5 Å². The maximum atomic E-state index is 12.8. The molecule has 1 aromatic heterocycles. The van der Waals surface area contributed by atoms with E-state index in [-0.39, 0.29) is 11.7 Å². The van der Waals surface area contributed by atoms with Gasteiger partial charge in [0.05, 0.1) is 6.21 Å². The normalized spacial score (nSPS) is 11.2. The first-order valence-corrected chi connectivity index (χ1v) is 8.99. The number of nitrogens with zero attached hydrogens (tertiary/aromatic N) is 1. The Kier molecular flexibility index (Phi) is 4.83. The van der Waals surface area contributed by atoms with Crippen molar-refractivity contribution in [1.29, 1.82) is 0 Å². The second-order valence-electron chi connectivity index (χ2n) is 6.22. The SMILES string of the molecule is O=C(N/N=C/c1ccc(O)cc1)c1[nH]c2ccc(Cl)cc2c1-c1ccccc1. The van der Waals surface area contributed by atoms with Crippen LogP contribution in [0.3, 0.4) is 0 Å². The van der Waals surface area contributed by atoms with E-state index in [4.69, 9.17) is 11.6 Å². The Balaban J connectivity index is 1.69. The van der Waals surface area contributed by atoms with Crippen molar-refractivity contribution in [2.75, 3.05) is 0 Å². The van der Waals surface area contributed by atoms with E-state index in [9.17, 15) is 9.90 Å². The molecule has 0 aliphatic rings. The number of hydrazone groups is 1. The number of phenolic OH excluding ortho intramolecular Hbond substituents is 1. The number of carbonyl (C=O) groups excluding carboxylic acids is 1. The predicted molar refractivity (Wildman–Crippen MR) is 112 cm³/mol. The van der Waals surface area contributed by atoms with E-state index in [1.807, 2.05) is 42.5 Å². The van der Waals surface area contributed by atoms with Crippen molar-refractivity contribution in [3.8, 4) is 16.9 Å². The summed E-state index contributed by atoms with van der Waals surface area (Å²) < 4.78 is 0. The van der Waals surface area contributed by atoms with Crippen molar-refractivity contribution in [3.63, 3.8) is 0 Å². The maximum absolute atomic E-state index is 12.8. The van der Waals surface area contributed by atoms with Gasteiger partial charge in [-0.2, -0.15) is 5.10 Å². The summed E-state index contributed by atoms with van der Waals surface area (Å²) in [5.74, 6) is -0.188. The number of amides is 1. The number of fused-ring (bicyclic) bond motifs is 1. The minimum Gasteiger partial charge on any atom is -0.508 e. The summed E-state index contributed by atoms with van der Waals surface area (Å²) in [5.41, 5.74) is 6.21. The minimum absolute atomic E-state index is 0.172. The number of aromatic amines is 1. The summed E-state index contributed by atoms with van der Waals surface area (Å²) in [6.45, 7) is 0. The van der Waals surface area contributed by atoms with E-state index >= 15 is 0 Å². The van der Waals surface area contributed by atoms with Crippen molar-refractivity contribution in [2.45, 2.75) is 0 Å². The second kappa shape index (κ2) is 7.58. The van der Waals surface area contributed by atoms with Crippen LogP contribution < -0.4 is 5.43 Å². The molecule has 0 bridgehead atoms. The third-order valence-electron chi connectivity index (χ3n) is 4.32. The first-order chi connectivity index (χ1) is 13.6. The molecule has 3 aromatic carbocycles. The lowest BCUT2D eigenvalue weighted by molar-refractivity contribution is 0.0951. The lowest BCUT2D eigenvalue weighted by Crippen LogP contribution is -2.18. The number of H-pyrrole nitrogens is 1. The van der Waals surface area contributed by atoms with Crippen LogP contribution in [0, 0.1) is 0 Å². The number of carbonyl (C=O) groups is 1. The topological polar surface area (TPSA) is 77.5 Å². The third-order valence-corrected chi connectivity index (χ3v) is 4.56. The van der Waals surface area contributed by atoms with Gasteiger partial charge in [0.25, 0.3) is 5.91 Å². The Bertz CT molecular complexity index is 1170. The first-order valence-electron chi connectivity index (χ1n) is 8.61. The Morgan fingerprint density at radius 3 is 2.54 bits per heavy atom. The molecule has 0 aliphatic carbocycles. The maximum Gasteiger partial charge on any atom is 0.288 e. The average molecular weight is 390 g/mol. The molecule has 4 rings (SSSR count). The van der Waals surface area contributed by atoms with Gasteiger partial charge < -0.3 is 10.1 Å². The van der Waals surface area contributed by atoms with Crippen LogP contribution in [0.4, 0.5) is 0 Å². The van der Waals surface area contributed by atoms with Crippen molar-refractivity contribution in [3.05, 3.63) is 89.1 Å². The van der Waals surface area contributed by atoms with E-state index in [0.29, 0.717) is 10.7 Å². The molecule has 3 N–H and O–H groups in total. The van der Waals surface area contributed by atoms with E-state index < -0.39 is 0 Å². The molecule has 0 saturated carbocycles. The number of aromatic nitrogens is 1. The standard InChI is InChI=1S/C22H16ClN3O2/c23-16-8-11-19-18(12-16)20(15-4-2-1-3-5-15)21(25-19)22(28)26-24-13-14-6-9-17(27)10-7-14/h1-13,25,27H,(H,26,28)/b24-13+. The number of hydrogen-bond acceptors (Lipinski definition) is 3. The molecule has 1 amide bonds. The predicted octanol–water partition coefficient (Wildman–Crippen LogP) is 4.96. The van der Waals surface area contributed by atoms with Gasteiger partial charge in [-0.3, -0.25) is 4.79 Å². The molecule has 0 fully saturated rings. The van der Waals surface area contributed by atoms with E-state index in [0.717, 1.165) is 27.6 Å². The third kappa shape index (κ3) is 3.61. The van der Waals surface area contributed by atoms with Gasteiger partial charge in [-0.15, -0.1) is 0 Å². The monoisotopic (exact) mass is 389 g/mol. The summed E-state index contributed by atoms with van der Waals surface area (Å²) in [6, 6.07) is 21.6. The highest BCUT2D eigenvalue weighted by molar-refractivity contribution is 6.31. The lowest BCUT2D eigenvalue weighted by Gasteiger charge is -2.04. The lowest BCUT2D eigenvalue weighted by atomic mass is 10.0. The van der Waals surface area contributed by atoms with Crippen LogP contribution in [0.1, 0.15) is 16.1 Å². The number of hydrogen-bond donors (Lipinski definition) is 3. The minimum atomic E-state index is -0.360. The fraction of sp³-hybridized carbons (Fsp3) is 0. The zero-order valence-corrected chi connectivity index (χ0v) is 15.4. The van der Waals surface area contributed by atoms with Crippen LogP contribution in [0.25, 0.3) is 22.0 Å². The summed E-state index contributed by atoms with van der Waals surface area (Å²) in [5, 5.41) is 14.8. The number of halogens is 1. The summed E-state index contributed by atoms with van der Waals surface area (Å²) in [4.78, 5) is 16.0. The van der Waals surface area contributed by atoms with Crippen LogP contribution >= 0.6 is 11.6 Å². The van der Waals surface area contributed by atoms with Gasteiger partial charge in [-0.25, -0.2) is 5.43 Å². The second-order valence-corrected chi connectivity index (χ2v) is 6.66. The van der Waals surface area contributed by atoms with Crippen molar-refractivity contribution in [2.24, 2.45) is 5.10 Å². The van der Waals surface area contributed by atoms with Crippen LogP contribution in [-0.2, 0) is 0 Å². The van der Waals surface area contributed by atoms with Crippen LogP contribution in [0.15, 0.2) is 77.9 Å². The van der Waals surface area contributed by atoms with Gasteiger partial charge >= 0.3 is 0 Å². The number of phenols is 1. The van der Waals surface area contributed by atoms with Gasteiger partial charge in [0.15, 0.2) is 0 Å². The highest BCUT2D eigenvalue weighted by Crippen LogP contribution is 2.34. The van der Waals surface area contributed by atoms with Gasteiger partial charge in [-0.05, 0) is 53.6 Å². The molecule has 5 nitrogen and oxygen atoms in total. The Hall–Kier alpha value is -3.57. The number of nitrogens with one attached hydrogen (secondary N) is 2. The molecule has 138 valence electrons. The molecule has 6 heteroatoms. The Morgan fingerprint density at radius 2 is 1.79 bits per heavy atom. The van der Waals surface area contributed by atoms with Crippen molar-refractivity contribution in [1.82, 2.24) is 10.4 Å². The molecule has 0 aliphatic heterocycles. The molecular weight excluding hydrogens is 374 g/mol.